The van der Waals surface area contributed by atoms with Gasteiger partial charge in [-0.1, -0.05) is 29.8 Å². The molecule has 0 radical (unpaired) electrons. The molecule has 152 valence electrons. The van der Waals surface area contributed by atoms with Crippen molar-refractivity contribution in [2.75, 3.05) is 11.9 Å². The van der Waals surface area contributed by atoms with Crippen LogP contribution in [0.2, 0.25) is 5.02 Å². The Bertz CT molecular complexity index is 1040. The van der Waals surface area contributed by atoms with Gasteiger partial charge in [0.05, 0.1) is 16.9 Å². The highest BCUT2D eigenvalue weighted by Crippen LogP contribution is 2.38. The van der Waals surface area contributed by atoms with Crippen LogP contribution in [0, 0.1) is 5.82 Å². The number of nitrogens with one attached hydrogen (secondary N) is 1. The van der Waals surface area contributed by atoms with E-state index >= 15 is 0 Å². The highest BCUT2D eigenvalue weighted by atomic mass is 35.5. The number of anilines is 1. The van der Waals surface area contributed by atoms with E-state index in [0.717, 1.165) is 24.5 Å². The number of hydrogen-bond donors (Lipinski definition) is 1. The van der Waals surface area contributed by atoms with Crippen LogP contribution in [0.5, 0.6) is 0 Å². The van der Waals surface area contributed by atoms with Gasteiger partial charge in [-0.05, 0) is 49.1 Å². The zero-order chi connectivity index (χ0) is 20.6. The number of alkyl halides is 3. The molecule has 29 heavy (non-hydrogen) atoms. The summed E-state index contributed by atoms with van der Waals surface area (Å²) >= 11 is 5.82. The van der Waals surface area contributed by atoms with Crippen LogP contribution in [0.25, 0.3) is 5.69 Å². The lowest BCUT2D eigenvalue weighted by Crippen LogP contribution is -2.14. The van der Waals surface area contributed by atoms with Crippen LogP contribution in [-0.2, 0) is 19.0 Å². The maximum absolute atomic E-state index is 14.2. The van der Waals surface area contributed by atoms with Crippen molar-refractivity contribution in [3.05, 3.63) is 75.7 Å². The molecule has 0 spiro atoms. The summed E-state index contributed by atoms with van der Waals surface area (Å²) in [6.07, 6.45) is -1.95. The van der Waals surface area contributed by atoms with E-state index in [9.17, 15) is 17.6 Å². The molecule has 2 heterocycles. The lowest BCUT2D eigenvalue weighted by molar-refractivity contribution is -0.137. The molecule has 4 rings (SSSR count). The van der Waals surface area contributed by atoms with Crippen LogP contribution in [0.4, 0.5) is 23.4 Å². The molecule has 8 heteroatoms. The number of nitrogens with zero attached hydrogens (tertiary/aromatic N) is 2. The summed E-state index contributed by atoms with van der Waals surface area (Å²) in [4.78, 5) is 0. The van der Waals surface area contributed by atoms with Crippen LogP contribution < -0.4 is 5.32 Å². The largest absolute Gasteiger partial charge is 0.418 e. The van der Waals surface area contributed by atoms with Crippen molar-refractivity contribution in [1.29, 1.82) is 0 Å². The van der Waals surface area contributed by atoms with E-state index in [2.05, 4.69) is 10.4 Å². The molecule has 1 aliphatic rings. The second-order valence-corrected chi connectivity index (χ2v) is 7.43. The molecule has 0 bridgehead atoms. The third kappa shape index (κ3) is 3.96. The van der Waals surface area contributed by atoms with Gasteiger partial charge >= 0.3 is 6.18 Å². The monoisotopic (exact) mass is 423 g/mol. The van der Waals surface area contributed by atoms with Crippen molar-refractivity contribution in [2.24, 2.45) is 0 Å². The van der Waals surface area contributed by atoms with Crippen molar-refractivity contribution in [3.63, 3.8) is 0 Å². The molecule has 0 unspecified atom stereocenters. The molecule has 1 N–H and O–H groups in total. The van der Waals surface area contributed by atoms with Crippen LogP contribution in [0.15, 0.2) is 42.5 Å². The summed E-state index contributed by atoms with van der Waals surface area (Å²) in [5.41, 5.74) is 0.888. The summed E-state index contributed by atoms with van der Waals surface area (Å²) < 4.78 is 56.4. The van der Waals surface area contributed by atoms with Gasteiger partial charge in [0.1, 0.15) is 11.6 Å². The number of halogens is 5. The van der Waals surface area contributed by atoms with Crippen LogP contribution >= 0.6 is 11.6 Å². The first-order valence-corrected chi connectivity index (χ1v) is 9.67. The Morgan fingerprint density at radius 2 is 1.90 bits per heavy atom. The van der Waals surface area contributed by atoms with Crippen LogP contribution in [0.3, 0.4) is 0 Å². The van der Waals surface area contributed by atoms with E-state index in [0.29, 0.717) is 30.0 Å². The topological polar surface area (TPSA) is 29.9 Å². The van der Waals surface area contributed by atoms with Crippen molar-refractivity contribution in [1.82, 2.24) is 9.78 Å². The average molecular weight is 424 g/mol. The Balaban J connectivity index is 1.88. The van der Waals surface area contributed by atoms with E-state index in [-0.39, 0.29) is 22.9 Å². The summed E-state index contributed by atoms with van der Waals surface area (Å²) in [5.74, 6) is 0.168. The number of rotatable bonds is 3. The first-order valence-electron chi connectivity index (χ1n) is 9.30. The SMILES string of the molecule is Fc1ccccc1Cc1nn(-c2ccc(Cl)cc2C(F)(F)F)c2c1CCCCN2. The molecule has 3 aromatic rings. The van der Waals surface area contributed by atoms with Gasteiger partial charge in [-0.15, -0.1) is 0 Å². The molecule has 0 saturated carbocycles. The Kier molecular flexibility index (Phi) is 5.25. The van der Waals surface area contributed by atoms with Crippen molar-refractivity contribution < 1.29 is 17.6 Å². The molecule has 0 aliphatic carbocycles. The fourth-order valence-corrected chi connectivity index (χ4v) is 3.80. The second-order valence-electron chi connectivity index (χ2n) is 7.00. The van der Waals surface area contributed by atoms with E-state index in [1.807, 2.05) is 0 Å². The lowest BCUT2D eigenvalue weighted by Gasteiger charge is -2.16. The minimum atomic E-state index is -4.59. The van der Waals surface area contributed by atoms with Crippen LogP contribution in [-0.4, -0.2) is 16.3 Å². The summed E-state index contributed by atoms with van der Waals surface area (Å²) in [6, 6.07) is 9.98. The van der Waals surface area contributed by atoms with Gasteiger partial charge in [0.2, 0.25) is 0 Å². The number of fused-ring (bicyclic) bond motifs is 1. The Labute approximate surface area is 170 Å². The summed E-state index contributed by atoms with van der Waals surface area (Å²) in [7, 11) is 0. The molecule has 0 fully saturated rings. The molecule has 0 amide bonds. The molecular formula is C21H18ClF4N3. The first kappa shape index (κ1) is 19.8. The van der Waals surface area contributed by atoms with Crippen LogP contribution in [0.1, 0.15) is 35.2 Å². The number of benzene rings is 2. The fraction of sp³-hybridized carbons (Fsp3) is 0.286. The molecule has 1 aromatic heterocycles. The average Bonchev–Trinajstić information content (AvgIpc) is 2.84. The molecule has 2 aromatic carbocycles. The first-order chi connectivity index (χ1) is 13.8. The normalized spacial score (nSPS) is 14.2. The van der Waals surface area contributed by atoms with Gasteiger partial charge in [0.15, 0.2) is 0 Å². The minimum absolute atomic E-state index is 0.00106. The van der Waals surface area contributed by atoms with Gasteiger partial charge in [-0.25, -0.2) is 9.07 Å². The molecule has 0 saturated heterocycles. The molecule has 0 atom stereocenters. The Hall–Kier alpha value is -2.54. The van der Waals surface area contributed by atoms with Gasteiger partial charge in [0, 0.05) is 23.6 Å². The van der Waals surface area contributed by atoms with E-state index in [4.69, 9.17) is 11.6 Å². The Morgan fingerprint density at radius 1 is 1.10 bits per heavy atom. The fourth-order valence-electron chi connectivity index (χ4n) is 3.63. The van der Waals surface area contributed by atoms with Crippen molar-refractivity contribution in [3.8, 4) is 5.69 Å². The smallest absolute Gasteiger partial charge is 0.370 e. The molecular weight excluding hydrogens is 406 g/mol. The third-order valence-corrected chi connectivity index (χ3v) is 5.26. The highest BCUT2D eigenvalue weighted by Gasteiger charge is 2.35. The van der Waals surface area contributed by atoms with E-state index < -0.39 is 11.7 Å². The van der Waals surface area contributed by atoms with Gasteiger partial charge in [-0.3, -0.25) is 0 Å². The van der Waals surface area contributed by atoms with E-state index in [1.54, 1.807) is 18.2 Å². The second kappa shape index (κ2) is 7.71. The quantitative estimate of drug-likeness (QED) is 0.522. The number of hydrogen-bond acceptors (Lipinski definition) is 2. The van der Waals surface area contributed by atoms with Gasteiger partial charge < -0.3 is 5.32 Å². The van der Waals surface area contributed by atoms with Crippen molar-refractivity contribution in [2.45, 2.75) is 31.9 Å². The Morgan fingerprint density at radius 3 is 2.66 bits per heavy atom. The predicted octanol–water partition coefficient (Wildman–Crippen LogP) is 6.02. The molecule has 3 nitrogen and oxygen atoms in total. The lowest BCUT2D eigenvalue weighted by atomic mass is 10.0. The number of aromatic nitrogens is 2. The zero-order valence-electron chi connectivity index (χ0n) is 15.4. The maximum Gasteiger partial charge on any atom is 0.418 e. The van der Waals surface area contributed by atoms with Gasteiger partial charge in [-0.2, -0.15) is 18.3 Å². The predicted molar refractivity (Wildman–Crippen MR) is 104 cm³/mol. The third-order valence-electron chi connectivity index (χ3n) is 5.02. The van der Waals surface area contributed by atoms with Crippen molar-refractivity contribution >= 4 is 17.4 Å². The minimum Gasteiger partial charge on any atom is -0.370 e. The molecule has 1 aliphatic heterocycles. The highest BCUT2D eigenvalue weighted by molar-refractivity contribution is 6.30. The summed E-state index contributed by atoms with van der Waals surface area (Å²) in [6.45, 7) is 0.632. The maximum atomic E-state index is 14.2. The summed E-state index contributed by atoms with van der Waals surface area (Å²) in [5, 5.41) is 7.70. The zero-order valence-corrected chi connectivity index (χ0v) is 16.1. The van der Waals surface area contributed by atoms with E-state index in [1.165, 1.54) is 22.9 Å². The van der Waals surface area contributed by atoms with Gasteiger partial charge in [0.25, 0.3) is 0 Å². The standard InChI is InChI=1S/C21H18ClF4N3/c22-14-8-9-19(16(12-14)21(24,25)26)29-20-15(6-3-4-10-27-20)18(28-29)11-13-5-1-2-7-17(13)23/h1-2,5,7-9,12,27H,3-4,6,10-11H2.